The average molecular weight is 257 g/mol. The van der Waals surface area contributed by atoms with Crippen molar-refractivity contribution in [3.63, 3.8) is 0 Å². The Bertz CT molecular complexity index is 260. The third kappa shape index (κ3) is 5.25. The van der Waals surface area contributed by atoms with Crippen LogP contribution in [-0.4, -0.2) is 12.2 Å². The van der Waals surface area contributed by atoms with Gasteiger partial charge in [-0.15, -0.1) is 6.07 Å². The molecule has 1 aromatic carbocycles. The van der Waals surface area contributed by atoms with Crippen molar-refractivity contribution < 1.29 is 37.8 Å². The molecule has 14 heavy (non-hydrogen) atoms. The molecule has 1 N–H and O–H groups in total. The molecule has 0 fully saturated rings. The number of hydrogen-bond donors (Lipinski definition) is 1. The van der Waals surface area contributed by atoms with Gasteiger partial charge < -0.3 is 5.11 Å². The first-order valence-electron chi connectivity index (χ1n) is 3.44. The molecule has 1 rings (SSSR count). The van der Waals surface area contributed by atoms with Crippen molar-refractivity contribution in [1.82, 2.24) is 0 Å². The number of halogens is 3. The van der Waals surface area contributed by atoms with Gasteiger partial charge in [-0.3, -0.25) is 0 Å². The fraction of sp³-hybridized carbons (Fsp3) is 0.222. The van der Waals surface area contributed by atoms with Gasteiger partial charge in [0, 0.05) is 26.6 Å². The van der Waals surface area contributed by atoms with Crippen LogP contribution in [0.2, 0.25) is 0 Å². The van der Waals surface area contributed by atoms with Gasteiger partial charge in [-0.25, -0.2) is 0 Å². The molecule has 0 aliphatic carbocycles. The van der Waals surface area contributed by atoms with E-state index in [1.54, 1.807) is 0 Å². The van der Waals surface area contributed by atoms with Gasteiger partial charge >= 0.3 is 6.18 Å². The Labute approximate surface area is 93.7 Å². The van der Waals surface area contributed by atoms with E-state index >= 15 is 0 Å². The van der Waals surface area contributed by atoms with Crippen LogP contribution in [-0.2, 0) is 25.7 Å². The van der Waals surface area contributed by atoms with Gasteiger partial charge in [-0.05, 0) is 5.56 Å². The van der Waals surface area contributed by atoms with E-state index in [9.17, 15) is 13.2 Å². The van der Waals surface area contributed by atoms with E-state index in [-0.39, 0.29) is 19.5 Å². The minimum absolute atomic E-state index is 0. The number of rotatable bonds is 0. The Morgan fingerprint density at radius 3 is 2.00 bits per heavy atom. The van der Waals surface area contributed by atoms with Crippen molar-refractivity contribution in [2.24, 2.45) is 0 Å². The monoisotopic (exact) mass is 255 g/mol. The molecule has 0 saturated carbocycles. The SMILES string of the molecule is CO.[CH2-]c1cccc(C(F)(F)F)c1.[Zn]. The Morgan fingerprint density at radius 2 is 1.71 bits per heavy atom. The summed E-state index contributed by atoms with van der Waals surface area (Å²) in [6, 6.07) is 4.90. The normalized spacial score (nSPS) is 9.50. The molecular formula is C9H10F3OZn-. The van der Waals surface area contributed by atoms with E-state index in [4.69, 9.17) is 5.11 Å². The van der Waals surface area contributed by atoms with Gasteiger partial charge in [-0.1, -0.05) is 6.07 Å². The van der Waals surface area contributed by atoms with Crippen LogP contribution in [0.25, 0.3) is 0 Å². The van der Waals surface area contributed by atoms with Crippen LogP contribution < -0.4 is 0 Å². The van der Waals surface area contributed by atoms with E-state index in [1.807, 2.05) is 0 Å². The summed E-state index contributed by atoms with van der Waals surface area (Å²) < 4.78 is 35.8. The van der Waals surface area contributed by atoms with E-state index in [0.717, 1.165) is 19.2 Å². The summed E-state index contributed by atoms with van der Waals surface area (Å²) in [6.45, 7) is 3.39. The first-order chi connectivity index (χ1) is 6.00. The van der Waals surface area contributed by atoms with Crippen LogP contribution in [0.15, 0.2) is 24.3 Å². The summed E-state index contributed by atoms with van der Waals surface area (Å²) in [6.07, 6.45) is -4.26. The summed E-state index contributed by atoms with van der Waals surface area (Å²) in [5.41, 5.74) is -0.273. The fourth-order valence-corrected chi connectivity index (χ4v) is 0.748. The molecule has 0 spiro atoms. The number of aliphatic hydroxyl groups excluding tert-OH is 1. The molecule has 0 atom stereocenters. The molecule has 76 valence electrons. The minimum atomic E-state index is -4.26. The van der Waals surface area contributed by atoms with Gasteiger partial charge in [-0.2, -0.15) is 37.8 Å². The van der Waals surface area contributed by atoms with Crippen LogP contribution in [0.1, 0.15) is 11.1 Å². The summed E-state index contributed by atoms with van der Waals surface area (Å²) in [5.74, 6) is 0. The standard InChI is InChI=1S/C8H6F3.CH4O.Zn/c1-6-3-2-4-7(5-6)8(9,10)11;1-2;/h2-5H,1H2;2H,1H3;/q-1;;. The molecule has 1 aromatic rings. The Kier molecular flexibility index (Phi) is 7.79. The van der Waals surface area contributed by atoms with Gasteiger partial charge in [0.1, 0.15) is 0 Å². The second kappa shape index (κ2) is 6.85. The van der Waals surface area contributed by atoms with Crippen LogP contribution in [0.5, 0.6) is 0 Å². The molecule has 0 radical (unpaired) electrons. The zero-order chi connectivity index (χ0) is 10.5. The van der Waals surface area contributed by atoms with Crippen molar-refractivity contribution in [1.29, 1.82) is 0 Å². The molecule has 0 unspecified atom stereocenters. The summed E-state index contributed by atoms with van der Waals surface area (Å²) in [7, 11) is 1.00. The quantitative estimate of drug-likeness (QED) is 0.559. The Hall–Kier alpha value is -0.537. The van der Waals surface area contributed by atoms with Crippen LogP contribution in [0, 0.1) is 6.92 Å². The smallest absolute Gasteiger partial charge is 0.400 e. The van der Waals surface area contributed by atoms with E-state index < -0.39 is 11.7 Å². The van der Waals surface area contributed by atoms with Crippen molar-refractivity contribution >= 4 is 0 Å². The molecule has 5 heteroatoms. The van der Waals surface area contributed by atoms with Crippen LogP contribution in [0.3, 0.4) is 0 Å². The predicted octanol–water partition coefficient (Wildman–Crippen LogP) is 2.49. The Morgan fingerprint density at radius 1 is 1.21 bits per heavy atom. The van der Waals surface area contributed by atoms with Gasteiger partial charge in [0.2, 0.25) is 0 Å². The van der Waals surface area contributed by atoms with Crippen molar-refractivity contribution in [3.8, 4) is 0 Å². The zero-order valence-corrected chi connectivity index (χ0v) is 10.8. The maximum atomic E-state index is 11.9. The maximum absolute atomic E-state index is 11.9. The van der Waals surface area contributed by atoms with E-state index in [1.165, 1.54) is 12.1 Å². The van der Waals surface area contributed by atoms with Crippen molar-refractivity contribution in [2.75, 3.05) is 7.11 Å². The summed E-state index contributed by atoms with van der Waals surface area (Å²) in [4.78, 5) is 0. The van der Waals surface area contributed by atoms with Gasteiger partial charge in [0.15, 0.2) is 0 Å². The number of benzene rings is 1. The molecule has 0 aliphatic heterocycles. The minimum Gasteiger partial charge on any atom is -0.400 e. The van der Waals surface area contributed by atoms with E-state index in [0.29, 0.717) is 5.56 Å². The number of alkyl halides is 3. The van der Waals surface area contributed by atoms with Crippen LogP contribution >= 0.6 is 0 Å². The van der Waals surface area contributed by atoms with E-state index in [2.05, 4.69) is 6.92 Å². The molecule has 0 amide bonds. The molecular weight excluding hydrogens is 246 g/mol. The van der Waals surface area contributed by atoms with Gasteiger partial charge in [0.25, 0.3) is 0 Å². The number of hydrogen-bond acceptors (Lipinski definition) is 1. The molecule has 0 bridgehead atoms. The fourth-order valence-electron chi connectivity index (χ4n) is 0.748. The van der Waals surface area contributed by atoms with Crippen molar-refractivity contribution in [3.05, 3.63) is 42.3 Å². The molecule has 0 saturated heterocycles. The predicted molar refractivity (Wildman–Crippen MR) is 44.0 cm³/mol. The van der Waals surface area contributed by atoms with Crippen LogP contribution in [0.4, 0.5) is 13.2 Å². The second-order valence-electron chi connectivity index (χ2n) is 2.20. The third-order valence-corrected chi connectivity index (χ3v) is 1.25. The van der Waals surface area contributed by atoms with Gasteiger partial charge in [0.05, 0.1) is 0 Å². The Balaban J connectivity index is 0. The molecule has 0 aromatic heterocycles. The zero-order valence-electron chi connectivity index (χ0n) is 7.80. The summed E-state index contributed by atoms with van der Waals surface area (Å²) in [5, 5.41) is 7.00. The van der Waals surface area contributed by atoms with Crippen molar-refractivity contribution in [2.45, 2.75) is 6.18 Å². The summed E-state index contributed by atoms with van der Waals surface area (Å²) >= 11 is 0. The molecule has 1 nitrogen and oxygen atoms in total. The average Bonchev–Trinajstić information content (AvgIpc) is 2.06. The molecule has 0 heterocycles. The number of aliphatic hydroxyl groups is 1. The third-order valence-electron chi connectivity index (χ3n) is 1.25. The topological polar surface area (TPSA) is 20.2 Å². The first kappa shape index (κ1) is 15.9. The maximum Gasteiger partial charge on any atom is 0.405 e. The largest absolute Gasteiger partial charge is 0.405 e. The molecule has 0 aliphatic rings. The first-order valence-corrected chi connectivity index (χ1v) is 3.44. The second-order valence-corrected chi connectivity index (χ2v) is 2.20.